The molecule has 76 valence electrons. The fraction of sp³-hybridized carbons (Fsp3) is 0.300. The first-order valence-corrected chi connectivity index (χ1v) is 7.89. The van der Waals surface area contributed by atoms with Crippen LogP contribution in [0.1, 0.15) is 5.56 Å². The van der Waals surface area contributed by atoms with Gasteiger partial charge in [0.1, 0.15) is 8.07 Å². The van der Waals surface area contributed by atoms with E-state index >= 15 is 0 Å². The van der Waals surface area contributed by atoms with E-state index in [1.165, 1.54) is 6.08 Å². The molecule has 4 heteroatoms. The fourth-order valence-electron chi connectivity index (χ4n) is 0.999. The highest BCUT2D eigenvalue weighted by Gasteiger charge is 2.20. The Hall–Kier alpha value is -1.29. The van der Waals surface area contributed by atoms with Crippen LogP contribution in [0.15, 0.2) is 22.8 Å². The second-order valence-corrected chi connectivity index (χ2v) is 9.16. The third-order valence-corrected chi connectivity index (χ3v) is 3.52. The Labute approximate surface area is 84.1 Å². The van der Waals surface area contributed by atoms with Crippen LogP contribution in [0.25, 0.3) is 6.08 Å². The standard InChI is InChI=1S/C10H14O3Si/c1-14(2,3)10-6-8(7-13-10)4-5-9(11)12/h4-7H,1-3H3,(H,11,12)/b5-4+. The Morgan fingerprint density at radius 3 is 2.57 bits per heavy atom. The molecule has 0 fully saturated rings. The molecule has 1 rings (SSSR count). The monoisotopic (exact) mass is 210 g/mol. The van der Waals surface area contributed by atoms with Crippen LogP contribution in [0.5, 0.6) is 0 Å². The first kappa shape index (κ1) is 10.8. The fourth-order valence-corrected chi connectivity index (χ4v) is 2.01. The Morgan fingerprint density at radius 1 is 1.50 bits per heavy atom. The SMILES string of the molecule is C[Si](C)(C)c1cc(/C=C/C(=O)O)co1. The predicted molar refractivity (Wildman–Crippen MR) is 58.4 cm³/mol. The molecule has 0 radical (unpaired) electrons. The molecule has 0 saturated heterocycles. The van der Waals surface area contributed by atoms with Crippen LogP contribution in [-0.4, -0.2) is 19.1 Å². The minimum absolute atomic E-state index is 0.810. The van der Waals surface area contributed by atoms with Crippen molar-refractivity contribution in [2.45, 2.75) is 19.6 Å². The van der Waals surface area contributed by atoms with Crippen LogP contribution in [0, 0.1) is 0 Å². The van der Waals surface area contributed by atoms with E-state index in [1.807, 2.05) is 6.07 Å². The maximum atomic E-state index is 10.3. The van der Waals surface area contributed by atoms with Crippen molar-refractivity contribution in [1.29, 1.82) is 0 Å². The van der Waals surface area contributed by atoms with Crippen molar-refractivity contribution in [1.82, 2.24) is 0 Å². The summed E-state index contributed by atoms with van der Waals surface area (Å²) in [5.74, 6) is -0.944. The molecule has 1 heterocycles. The molecule has 3 nitrogen and oxygen atoms in total. The average Bonchev–Trinajstić information content (AvgIpc) is 2.47. The molecule has 0 bridgehead atoms. The van der Waals surface area contributed by atoms with E-state index in [0.717, 1.165) is 17.0 Å². The van der Waals surface area contributed by atoms with Gasteiger partial charge in [0.15, 0.2) is 0 Å². The van der Waals surface area contributed by atoms with Crippen LogP contribution in [-0.2, 0) is 4.79 Å². The molecule has 0 unspecified atom stereocenters. The summed E-state index contributed by atoms with van der Waals surface area (Å²) in [6.45, 7) is 6.53. The van der Waals surface area contributed by atoms with Gasteiger partial charge in [-0.1, -0.05) is 19.6 Å². The zero-order valence-corrected chi connectivity index (χ0v) is 9.57. The molecule has 1 N–H and O–H groups in total. The van der Waals surface area contributed by atoms with E-state index in [4.69, 9.17) is 9.52 Å². The van der Waals surface area contributed by atoms with Gasteiger partial charge in [-0.25, -0.2) is 4.79 Å². The lowest BCUT2D eigenvalue weighted by molar-refractivity contribution is -0.131. The number of carbonyl (C=O) groups is 1. The molecule has 14 heavy (non-hydrogen) atoms. The molecule has 0 saturated carbocycles. The maximum absolute atomic E-state index is 10.3. The highest BCUT2D eigenvalue weighted by molar-refractivity contribution is 6.87. The average molecular weight is 210 g/mol. The van der Waals surface area contributed by atoms with Crippen molar-refractivity contribution < 1.29 is 14.3 Å². The summed E-state index contributed by atoms with van der Waals surface area (Å²) in [5.41, 5.74) is 0.810. The Morgan fingerprint density at radius 2 is 2.14 bits per heavy atom. The third kappa shape index (κ3) is 2.88. The number of aliphatic carboxylic acids is 1. The normalized spacial score (nSPS) is 12.2. The second kappa shape index (κ2) is 3.83. The molecule has 0 atom stereocenters. The second-order valence-electron chi connectivity index (χ2n) is 4.17. The van der Waals surface area contributed by atoms with E-state index in [9.17, 15) is 4.79 Å². The van der Waals surface area contributed by atoms with Crippen molar-refractivity contribution in [3.05, 3.63) is 24.0 Å². The third-order valence-electron chi connectivity index (χ3n) is 1.78. The Bertz CT molecular complexity index is 358. The predicted octanol–water partition coefficient (Wildman–Crippen LogP) is 1.92. The smallest absolute Gasteiger partial charge is 0.328 e. The topological polar surface area (TPSA) is 50.4 Å². The van der Waals surface area contributed by atoms with Crippen molar-refractivity contribution >= 4 is 25.5 Å². The van der Waals surface area contributed by atoms with Crippen molar-refractivity contribution in [3.8, 4) is 0 Å². The number of furan rings is 1. The largest absolute Gasteiger partial charge is 0.478 e. The Balaban J connectivity index is 2.84. The summed E-state index contributed by atoms with van der Waals surface area (Å²) in [4.78, 5) is 10.3. The zero-order valence-electron chi connectivity index (χ0n) is 8.57. The zero-order chi connectivity index (χ0) is 10.8. The molecular formula is C10H14O3Si. The minimum Gasteiger partial charge on any atom is -0.478 e. The van der Waals surface area contributed by atoms with Gasteiger partial charge in [-0.2, -0.15) is 0 Å². The lowest BCUT2D eigenvalue weighted by Gasteiger charge is -2.10. The van der Waals surface area contributed by atoms with Crippen LogP contribution < -0.4 is 5.38 Å². The highest BCUT2D eigenvalue weighted by atomic mass is 28.3. The van der Waals surface area contributed by atoms with Gasteiger partial charge in [0.2, 0.25) is 0 Å². The molecule has 0 aromatic carbocycles. The van der Waals surface area contributed by atoms with Crippen molar-refractivity contribution in [3.63, 3.8) is 0 Å². The van der Waals surface area contributed by atoms with Crippen LogP contribution in [0.4, 0.5) is 0 Å². The van der Waals surface area contributed by atoms with E-state index < -0.39 is 14.0 Å². The van der Waals surface area contributed by atoms with Crippen LogP contribution in [0.3, 0.4) is 0 Å². The van der Waals surface area contributed by atoms with Crippen molar-refractivity contribution in [2.75, 3.05) is 0 Å². The van der Waals surface area contributed by atoms with Gasteiger partial charge >= 0.3 is 5.97 Å². The van der Waals surface area contributed by atoms with Crippen LogP contribution in [0.2, 0.25) is 19.6 Å². The minimum atomic E-state index is -1.42. The summed E-state index contributed by atoms with van der Waals surface area (Å²) in [7, 11) is -1.42. The van der Waals surface area contributed by atoms with Gasteiger partial charge < -0.3 is 9.52 Å². The van der Waals surface area contributed by atoms with E-state index in [0.29, 0.717) is 0 Å². The number of hydrogen-bond donors (Lipinski definition) is 1. The summed E-state index contributed by atoms with van der Waals surface area (Å²) in [6.07, 6.45) is 4.24. The first-order valence-electron chi connectivity index (χ1n) is 4.39. The Kier molecular flexibility index (Phi) is 2.95. The van der Waals surface area contributed by atoms with Gasteiger partial charge in [0.05, 0.1) is 11.6 Å². The van der Waals surface area contributed by atoms with E-state index in [1.54, 1.807) is 6.26 Å². The number of carboxylic acid groups (broad SMARTS) is 1. The van der Waals surface area contributed by atoms with E-state index in [2.05, 4.69) is 19.6 Å². The number of rotatable bonds is 3. The number of carboxylic acids is 1. The van der Waals surface area contributed by atoms with Gasteiger partial charge in [-0.15, -0.1) is 0 Å². The van der Waals surface area contributed by atoms with E-state index in [-0.39, 0.29) is 0 Å². The maximum Gasteiger partial charge on any atom is 0.328 e. The summed E-state index contributed by atoms with van der Waals surface area (Å²) >= 11 is 0. The quantitative estimate of drug-likeness (QED) is 0.612. The molecule has 0 aliphatic rings. The van der Waals surface area contributed by atoms with Crippen LogP contribution >= 0.6 is 0 Å². The molecule has 0 amide bonds. The molecule has 0 aliphatic heterocycles. The number of hydrogen-bond acceptors (Lipinski definition) is 2. The lowest BCUT2D eigenvalue weighted by Crippen LogP contribution is -2.36. The first-order chi connectivity index (χ1) is 6.39. The van der Waals surface area contributed by atoms with Gasteiger partial charge in [0, 0.05) is 11.6 Å². The molecule has 1 aromatic rings. The molecule has 1 aromatic heterocycles. The summed E-state index contributed by atoms with van der Waals surface area (Å²) < 4.78 is 5.38. The summed E-state index contributed by atoms with van der Waals surface area (Å²) in [5, 5.41) is 9.42. The van der Waals surface area contributed by atoms with Gasteiger partial charge in [-0.05, 0) is 12.1 Å². The lowest BCUT2D eigenvalue weighted by atomic mass is 10.3. The molecule has 0 spiro atoms. The van der Waals surface area contributed by atoms with Gasteiger partial charge in [0.25, 0.3) is 0 Å². The highest BCUT2D eigenvalue weighted by Crippen LogP contribution is 2.07. The van der Waals surface area contributed by atoms with Crippen molar-refractivity contribution in [2.24, 2.45) is 0 Å². The molecule has 0 aliphatic carbocycles. The summed E-state index contributed by atoms with van der Waals surface area (Å²) in [6, 6.07) is 1.91. The van der Waals surface area contributed by atoms with Gasteiger partial charge in [-0.3, -0.25) is 0 Å². The molecular weight excluding hydrogens is 196 g/mol.